The summed E-state index contributed by atoms with van der Waals surface area (Å²) in [5.74, 6) is 0.454. The Kier molecular flexibility index (Phi) is 4.77. The highest BCUT2D eigenvalue weighted by atomic mass is 19.1. The molecule has 0 aliphatic carbocycles. The molecule has 0 atom stereocenters. The minimum Gasteiger partial charge on any atom is -0.353 e. The number of benzene rings is 1. The molecule has 0 unspecified atom stereocenters. The fourth-order valence-electron chi connectivity index (χ4n) is 2.53. The summed E-state index contributed by atoms with van der Waals surface area (Å²) in [6, 6.07) is 5.77. The average molecular weight is 315 g/mol. The van der Waals surface area contributed by atoms with E-state index in [0.29, 0.717) is 12.2 Å². The lowest BCUT2D eigenvalue weighted by atomic mass is 10.3. The largest absolute Gasteiger partial charge is 0.353 e. The molecule has 0 saturated carbocycles. The zero-order valence-electron chi connectivity index (χ0n) is 12.7. The van der Waals surface area contributed by atoms with Gasteiger partial charge < -0.3 is 10.2 Å². The second-order valence-electron chi connectivity index (χ2n) is 5.38. The molecule has 120 valence electrons. The number of aromatic nitrogens is 2. The first-order chi connectivity index (χ1) is 11.2. The third kappa shape index (κ3) is 4.23. The Bertz CT molecular complexity index is 641. The normalized spacial score (nSPS) is 15.4. The van der Waals surface area contributed by atoms with Gasteiger partial charge in [0.1, 0.15) is 11.6 Å². The summed E-state index contributed by atoms with van der Waals surface area (Å²) in [6.45, 7) is 3.51. The quantitative estimate of drug-likeness (QED) is 0.923. The Morgan fingerprint density at radius 1 is 1.13 bits per heavy atom. The number of hydrogen-bond donors (Lipinski definition) is 1. The number of carbonyl (C=O) groups excluding carboxylic acids is 1. The molecule has 3 rings (SSSR count). The monoisotopic (exact) mass is 315 g/mol. The van der Waals surface area contributed by atoms with E-state index in [-0.39, 0.29) is 11.7 Å². The second kappa shape index (κ2) is 7.15. The minimum absolute atomic E-state index is 0.0930. The number of anilines is 2. The van der Waals surface area contributed by atoms with E-state index in [1.807, 2.05) is 0 Å². The first kappa shape index (κ1) is 15.4. The Hall–Kier alpha value is -2.54. The van der Waals surface area contributed by atoms with Gasteiger partial charge in [0.15, 0.2) is 0 Å². The number of amides is 1. The second-order valence-corrected chi connectivity index (χ2v) is 5.38. The standard InChI is InChI=1S/C16H18FN5O/c17-13-1-3-14(4-2-13)20-16(23)12-21-7-9-22(10-8-21)15-11-18-5-6-19-15/h1-6,11H,7-10,12H2,(H,20,23). The maximum atomic E-state index is 12.8. The van der Waals surface area contributed by atoms with Crippen LogP contribution in [0.2, 0.25) is 0 Å². The van der Waals surface area contributed by atoms with Crippen LogP contribution in [0.15, 0.2) is 42.9 Å². The van der Waals surface area contributed by atoms with Crippen molar-refractivity contribution < 1.29 is 9.18 Å². The molecular formula is C16H18FN5O. The Morgan fingerprint density at radius 3 is 2.52 bits per heavy atom. The van der Waals surface area contributed by atoms with E-state index in [1.54, 1.807) is 30.7 Å². The van der Waals surface area contributed by atoms with Crippen LogP contribution in [0, 0.1) is 5.82 Å². The van der Waals surface area contributed by atoms with Crippen LogP contribution in [-0.2, 0) is 4.79 Å². The van der Waals surface area contributed by atoms with Gasteiger partial charge in [0, 0.05) is 44.3 Å². The summed E-state index contributed by atoms with van der Waals surface area (Å²) in [5.41, 5.74) is 0.606. The molecule has 6 nitrogen and oxygen atoms in total. The van der Waals surface area contributed by atoms with Crippen molar-refractivity contribution in [1.82, 2.24) is 14.9 Å². The van der Waals surface area contributed by atoms with Crippen molar-refractivity contribution in [2.24, 2.45) is 0 Å². The van der Waals surface area contributed by atoms with Gasteiger partial charge in [-0.2, -0.15) is 0 Å². The minimum atomic E-state index is -0.317. The molecule has 1 aromatic carbocycles. The molecule has 1 aliphatic rings. The number of carbonyl (C=O) groups is 1. The van der Waals surface area contributed by atoms with Gasteiger partial charge in [-0.1, -0.05) is 0 Å². The zero-order valence-corrected chi connectivity index (χ0v) is 12.7. The molecule has 1 aliphatic heterocycles. The van der Waals surface area contributed by atoms with Crippen LogP contribution in [0.1, 0.15) is 0 Å². The number of piperazine rings is 1. The summed E-state index contributed by atoms with van der Waals surface area (Å²) >= 11 is 0. The van der Waals surface area contributed by atoms with Crippen LogP contribution < -0.4 is 10.2 Å². The van der Waals surface area contributed by atoms with Gasteiger partial charge in [0.05, 0.1) is 12.7 Å². The zero-order chi connectivity index (χ0) is 16.1. The van der Waals surface area contributed by atoms with Crippen LogP contribution in [0.5, 0.6) is 0 Å². The van der Waals surface area contributed by atoms with Crippen LogP contribution >= 0.6 is 0 Å². The number of nitrogens with one attached hydrogen (secondary N) is 1. The summed E-state index contributed by atoms with van der Waals surface area (Å²) < 4.78 is 12.8. The number of hydrogen-bond acceptors (Lipinski definition) is 5. The molecule has 23 heavy (non-hydrogen) atoms. The van der Waals surface area contributed by atoms with E-state index in [2.05, 4.69) is 25.1 Å². The molecule has 1 saturated heterocycles. The number of halogens is 1. The van der Waals surface area contributed by atoms with Crippen LogP contribution in [0.3, 0.4) is 0 Å². The molecule has 0 radical (unpaired) electrons. The summed E-state index contributed by atoms with van der Waals surface area (Å²) in [7, 11) is 0. The molecule has 0 bridgehead atoms. The molecule has 1 fully saturated rings. The summed E-state index contributed by atoms with van der Waals surface area (Å²) in [5, 5.41) is 2.78. The van der Waals surface area contributed by atoms with E-state index in [9.17, 15) is 9.18 Å². The van der Waals surface area contributed by atoms with E-state index in [1.165, 1.54) is 12.1 Å². The van der Waals surface area contributed by atoms with Gasteiger partial charge in [-0.3, -0.25) is 14.7 Å². The molecule has 1 amide bonds. The van der Waals surface area contributed by atoms with Crippen molar-refractivity contribution in [3.8, 4) is 0 Å². The maximum absolute atomic E-state index is 12.8. The van der Waals surface area contributed by atoms with Crippen molar-refractivity contribution in [1.29, 1.82) is 0 Å². The maximum Gasteiger partial charge on any atom is 0.238 e. The van der Waals surface area contributed by atoms with Crippen molar-refractivity contribution in [2.75, 3.05) is 42.9 Å². The smallest absolute Gasteiger partial charge is 0.238 e. The van der Waals surface area contributed by atoms with Gasteiger partial charge >= 0.3 is 0 Å². The molecule has 1 N–H and O–H groups in total. The van der Waals surface area contributed by atoms with Crippen LogP contribution in [0.4, 0.5) is 15.9 Å². The Labute approximate surface area is 134 Å². The Balaban J connectivity index is 1.47. The highest BCUT2D eigenvalue weighted by molar-refractivity contribution is 5.92. The topological polar surface area (TPSA) is 61.4 Å². The molecule has 2 aromatic rings. The van der Waals surface area contributed by atoms with Gasteiger partial charge in [-0.25, -0.2) is 9.37 Å². The summed E-state index contributed by atoms with van der Waals surface area (Å²) in [4.78, 5) is 24.6. The van der Waals surface area contributed by atoms with E-state index in [4.69, 9.17) is 0 Å². The lowest BCUT2D eigenvalue weighted by molar-refractivity contribution is -0.117. The average Bonchev–Trinajstić information content (AvgIpc) is 2.58. The molecule has 0 spiro atoms. The van der Waals surface area contributed by atoms with Crippen molar-refractivity contribution in [3.63, 3.8) is 0 Å². The molecule has 2 heterocycles. The van der Waals surface area contributed by atoms with E-state index < -0.39 is 0 Å². The number of nitrogens with zero attached hydrogens (tertiary/aromatic N) is 4. The van der Waals surface area contributed by atoms with Gasteiger partial charge in [-0.05, 0) is 24.3 Å². The highest BCUT2D eigenvalue weighted by Crippen LogP contribution is 2.12. The fraction of sp³-hybridized carbons (Fsp3) is 0.312. The summed E-state index contributed by atoms with van der Waals surface area (Å²) in [6.07, 6.45) is 5.08. The van der Waals surface area contributed by atoms with Crippen LogP contribution in [0.25, 0.3) is 0 Å². The SMILES string of the molecule is O=C(CN1CCN(c2cnccn2)CC1)Nc1ccc(F)cc1. The van der Waals surface area contributed by atoms with Gasteiger partial charge in [0.25, 0.3) is 0 Å². The van der Waals surface area contributed by atoms with Gasteiger partial charge in [-0.15, -0.1) is 0 Å². The lowest BCUT2D eigenvalue weighted by Gasteiger charge is -2.34. The van der Waals surface area contributed by atoms with Crippen molar-refractivity contribution in [2.45, 2.75) is 0 Å². The molecular weight excluding hydrogens is 297 g/mol. The molecule has 7 heteroatoms. The first-order valence-corrected chi connectivity index (χ1v) is 7.49. The van der Waals surface area contributed by atoms with Crippen molar-refractivity contribution >= 4 is 17.4 Å². The van der Waals surface area contributed by atoms with Gasteiger partial charge in [0.2, 0.25) is 5.91 Å². The van der Waals surface area contributed by atoms with Crippen molar-refractivity contribution in [3.05, 3.63) is 48.7 Å². The predicted octanol–water partition coefficient (Wildman–Crippen LogP) is 1.38. The third-order valence-corrected chi connectivity index (χ3v) is 3.74. The first-order valence-electron chi connectivity index (χ1n) is 7.49. The highest BCUT2D eigenvalue weighted by Gasteiger charge is 2.19. The van der Waals surface area contributed by atoms with E-state index >= 15 is 0 Å². The van der Waals surface area contributed by atoms with Crippen LogP contribution in [-0.4, -0.2) is 53.5 Å². The Morgan fingerprint density at radius 2 is 1.87 bits per heavy atom. The fourth-order valence-corrected chi connectivity index (χ4v) is 2.53. The third-order valence-electron chi connectivity index (χ3n) is 3.74. The van der Waals surface area contributed by atoms with E-state index in [0.717, 1.165) is 32.0 Å². The number of rotatable bonds is 4. The lowest BCUT2D eigenvalue weighted by Crippen LogP contribution is -2.48. The molecule has 1 aromatic heterocycles. The predicted molar refractivity (Wildman–Crippen MR) is 85.7 cm³/mol.